The summed E-state index contributed by atoms with van der Waals surface area (Å²) in [5.74, 6) is 0.762. The molecule has 0 spiro atoms. The lowest BCUT2D eigenvalue weighted by Gasteiger charge is -2.13. The van der Waals surface area contributed by atoms with Crippen LogP contribution in [0.5, 0.6) is 5.75 Å². The lowest BCUT2D eigenvalue weighted by molar-refractivity contribution is 0.161. The number of H-pyrrole nitrogens is 1. The fourth-order valence-electron chi connectivity index (χ4n) is 3.78. The van der Waals surface area contributed by atoms with Crippen molar-refractivity contribution in [3.8, 4) is 5.75 Å². The molecule has 8 heteroatoms. The van der Waals surface area contributed by atoms with Crippen molar-refractivity contribution in [1.29, 1.82) is 0 Å². The van der Waals surface area contributed by atoms with Gasteiger partial charge in [-0.1, -0.05) is 54.1 Å². The van der Waals surface area contributed by atoms with E-state index >= 15 is 0 Å². The number of fused-ring (bicyclic) bond motifs is 2. The van der Waals surface area contributed by atoms with Crippen molar-refractivity contribution in [2.24, 2.45) is 0 Å². The fraction of sp³-hybridized carbons (Fsp3) is 0.217. The lowest BCUT2D eigenvalue weighted by Crippen LogP contribution is -2.28. The standard InChI is InChI=1S/C23H23ClN2O4S/c1-31(28,29)26-23(27)22-18(16-8-4-5-11-20(16)25-22)10-6-14-30-21-13-12-19(24)15-7-2-3-9-17(15)21/h2-5,7-9,11-13,23,25-27H,6,10,14H2,1H3. The van der Waals surface area contributed by atoms with Gasteiger partial charge < -0.3 is 14.8 Å². The minimum atomic E-state index is -3.57. The van der Waals surface area contributed by atoms with E-state index in [1.165, 1.54) is 0 Å². The van der Waals surface area contributed by atoms with Crippen molar-refractivity contribution >= 4 is 43.3 Å². The van der Waals surface area contributed by atoms with Gasteiger partial charge in [-0.25, -0.2) is 8.42 Å². The molecule has 3 aromatic carbocycles. The number of sulfonamides is 1. The summed E-state index contributed by atoms with van der Waals surface area (Å²) >= 11 is 6.27. The molecule has 31 heavy (non-hydrogen) atoms. The van der Waals surface area contributed by atoms with Gasteiger partial charge in [-0.3, -0.25) is 0 Å². The quantitative estimate of drug-likeness (QED) is 0.267. The zero-order valence-corrected chi connectivity index (χ0v) is 18.5. The highest BCUT2D eigenvalue weighted by Crippen LogP contribution is 2.32. The topological polar surface area (TPSA) is 91.4 Å². The summed E-state index contributed by atoms with van der Waals surface area (Å²) in [6.07, 6.45) is 0.951. The second-order valence-corrected chi connectivity index (χ2v) is 9.59. The zero-order valence-electron chi connectivity index (χ0n) is 16.9. The molecule has 0 bridgehead atoms. The Morgan fingerprint density at radius 1 is 1.03 bits per heavy atom. The number of ether oxygens (including phenoxy) is 1. The molecule has 1 atom stereocenters. The van der Waals surface area contributed by atoms with Crippen molar-refractivity contribution in [3.05, 3.63) is 76.9 Å². The number of halogens is 1. The molecule has 0 aliphatic carbocycles. The maximum atomic E-state index is 11.6. The molecule has 1 unspecified atom stereocenters. The number of aliphatic hydroxyl groups excluding tert-OH is 1. The fourth-order valence-corrected chi connectivity index (χ4v) is 4.53. The summed E-state index contributed by atoms with van der Waals surface area (Å²) in [6.45, 7) is 0.459. The van der Waals surface area contributed by atoms with E-state index < -0.39 is 16.3 Å². The van der Waals surface area contributed by atoms with Crippen LogP contribution in [0.4, 0.5) is 0 Å². The molecule has 1 aromatic heterocycles. The third-order valence-electron chi connectivity index (χ3n) is 5.11. The number of aromatic amines is 1. The number of para-hydroxylation sites is 1. The summed E-state index contributed by atoms with van der Waals surface area (Å²) < 4.78 is 31.4. The van der Waals surface area contributed by atoms with Gasteiger partial charge in [0.25, 0.3) is 0 Å². The van der Waals surface area contributed by atoms with E-state index in [2.05, 4.69) is 9.71 Å². The van der Waals surface area contributed by atoms with Crippen LogP contribution in [0.3, 0.4) is 0 Å². The van der Waals surface area contributed by atoms with Crippen molar-refractivity contribution in [3.63, 3.8) is 0 Å². The third-order valence-corrected chi connectivity index (χ3v) is 6.09. The Hall–Kier alpha value is -2.58. The SMILES string of the molecule is CS(=O)(=O)NC(O)c1[nH]c2ccccc2c1CCCOc1ccc(Cl)c2ccccc12. The maximum absolute atomic E-state index is 11.6. The molecule has 0 saturated carbocycles. The van der Waals surface area contributed by atoms with Crippen LogP contribution in [0, 0.1) is 0 Å². The van der Waals surface area contributed by atoms with Gasteiger partial charge in [-0.05, 0) is 36.6 Å². The van der Waals surface area contributed by atoms with Crippen molar-refractivity contribution in [2.75, 3.05) is 12.9 Å². The van der Waals surface area contributed by atoms with E-state index in [0.717, 1.165) is 39.2 Å². The van der Waals surface area contributed by atoms with Gasteiger partial charge in [0, 0.05) is 26.7 Å². The first-order valence-electron chi connectivity index (χ1n) is 9.88. The largest absolute Gasteiger partial charge is 0.493 e. The summed E-state index contributed by atoms with van der Waals surface area (Å²) in [5, 5.41) is 14.0. The van der Waals surface area contributed by atoms with E-state index in [1.807, 2.05) is 60.7 Å². The Kier molecular flexibility index (Phi) is 6.20. The van der Waals surface area contributed by atoms with Crippen LogP contribution >= 0.6 is 11.6 Å². The van der Waals surface area contributed by atoms with Gasteiger partial charge in [0.1, 0.15) is 5.75 Å². The smallest absolute Gasteiger partial charge is 0.211 e. The Labute approximate surface area is 185 Å². The highest BCUT2D eigenvalue weighted by molar-refractivity contribution is 7.88. The normalized spacial score (nSPS) is 13.0. The summed E-state index contributed by atoms with van der Waals surface area (Å²) in [6, 6.07) is 19.1. The molecule has 3 N–H and O–H groups in total. The first kappa shape index (κ1) is 21.6. The average molecular weight is 459 g/mol. The van der Waals surface area contributed by atoms with Crippen molar-refractivity contribution < 1.29 is 18.3 Å². The van der Waals surface area contributed by atoms with Crippen LogP contribution in [0.1, 0.15) is 23.9 Å². The molecule has 1 heterocycles. The van der Waals surface area contributed by atoms with Crippen LogP contribution in [0.2, 0.25) is 5.02 Å². The summed E-state index contributed by atoms with van der Waals surface area (Å²) in [4.78, 5) is 3.14. The molecule has 0 saturated heterocycles. The van der Waals surface area contributed by atoms with Gasteiger partial charge in [-0.15, -0.1) is 0 Å². The van der Waals surface area contributed by atoms with Crippen molar-refractivity contribution in [1.82, 2.24) is 9.71 Å². The van der Waals surface area contributed by atoms with Gasteiger partial charge in [-0.2, -0.15) is 4.72 Å². The number of hydrogen-bond acceptors (Lipinski definition) is 4. The van der Waals surface area contributed by atoms with E-state index in [4.69, 9.17) is 16.3 Å². The Morgan fingerprint density at radius 3 is 2.45 bits per heavy atom. The predicted octanol–water partition coefficient (Wildman–Crippen LogP) is 4.53. The van der Waals surface area contributed by atoms with Gasteiger partial charge >= 0.3 is 0 Å². The number of nitrogens with one attached hydrogen (secondary N) is 2. The molecule has 0 aliphatic rings. The predicted molar refractivity (Wildman–Crippen MR) is 124 cm³/mol. The Bertz CT molecular complexity index is 1330. The Morgan fingerprint density at radius 2 is 1.71 bits per heavy atom. The second-order valence-electron chi connectivity index (χ2n) is 7.40. The number of rotatable bonds is 8. The molecule has 4 aromatic rings. The van der Waals surface area contributed by atoms with Crippen LogP contribution < -0.4 is 9.46 Å². The molecule has 4 rings (SSSR count). The summed E-state index contributed by atoms with van der Waals surface area (Å²) in [5.41, 5.74) is 2.15. The number of aryl methyl sites for hydroxylation is 1. The van der Waals surface area contributed by atoms with Crippen LogP contribution in [-0.2, 0) is 16.4 Å². The minimum absolute atomic E-state index is 0.448. The molecule has 162 valence electrons. The number of aliphatic hydroxyl groups is 1. The zero-order chi connectivity index (χ0) is 22.0. The average Bonchev–Trinajstić information content (AvgIpc) is 3.10. The molecule has 0 aliphatic heterocycles. The Balaban J connectivity index is 1.52. The number of aromatic nitrogens is 1. The highest BCUT2D eigenvalue weighted by atomic mass is 35.5. The number of hydrogen-bond donors (Lipinski definition) is 3. The van der Waals surface area contributed by atoms with Crippen LogP contribution in [0.25, 0.3) is 21.7 Å². The lowest BCUT2D eigenvalue weighted by atomic mass is 10.0. The summed E-state index contributed by atoms with van der Waals surface area (Å²) in [7, 11) is -3.57. The van der Waals surface area contributed by atoms with Gasteiger partial charge in [0.15, 0.2) is 6.23 Å². The molecule has 0 amide bonds. The van der Waals surface area contributed by atoms with Crippen molar-refractivity contribution in [2.45, 2.75) is 19.1 Å². The van der Waals surface area contributed by atoms with Gasteiger partial charge in [0.05, 0.1) is 18.6 Å². The molecule has 0 fully saturated rings. The first-order chi connectivity index (χ1) is 14.8. The third kappa shape index (κ3) is 4.85. The highest BCUT2D eigenvalue weighted by Gasteiger charge is 2.20. The minimum Gasteiger partial charge on any atom is -0.493 e. The first-order valence-corrected chi connectivity index (χ1v) is 12.2. The van der Waals surface area contributed by atoms with E-state index in [1.54, 1.807) is 0 Å². The molecular formula is C23H23ClN2O4S. The number of benzene rings is 3. The van der Waals surface area contributed by atoms with E-state index in [-0.39, 0.29) is 0 Å². The van der Waals surface area contributed by atoms with Crippen LogP contribution in [0.15, 0.2) is 60.7 Å². The molecule has 6 nitrogen and oxygen atoms in total. The monoisotopic (exact) mass is 458 g/mol. The van der Waals surface area contributed by atoms with Gasteiger partial charge in [0.2, 0.25) is 10.0 Å². The van der Waals surface area contributed by atoms with Crippen LogP contribution in [-0.4, -0.2) is 31.4 Å². The second kappa shape index (κ2) is 8.88. The maximum Gasteiger partial charge on any atom is 0.211 e. The molecule has 0 radical (unpaired) electrons. The van der Waals surface area contributed by atoms with E-state index in [0.29, 0.717) is 30.2 Å². The van der Waals surface area contributed by atoms with E-state index in [9.17, 15) is 13.5 Å². The molecular weight excluding hydrogens is 436 g/mol.